The number of piperazine rings is 1. The molecule has 188 valence electrons. The predicted octanol–water partition coefficient (Wildman–Crippen LogP) is 1.89. The van der Waals surface area contributed by atoms with E-state index in [1.54, 1.807) is 0 Å². The summed E-state index contributed by atoms with van der Waals surface area (Å²) in [6.07, 6.45) is -13.9. The van der Waals surface area contributed by atoms with Crippen LogP contribution in [0.5, 0.6) is 0 Å². The number of alkyl halides is 9. The third kappa shape index (κ3) is 18.9. The van der Waals surface area contributed by atoms with Crippen LogP contribution in [0.15, 0.2) is 12.7 Å². The minimum absolute atomic E-state index is 0.0401. The minimum atomic E-state index is -5.08. The van der Waals surface area contributed by atoms with Gasteiger partial charge in [-0.25, -0.2) is 14.4 Å². The molecule has 0 spiro atoms. The van der Waals surface area contributed by atoms with Crippen molar-refractivity contribution in [3.63, 3.8) is 0 Å². The normalized spacial score (nSPS) is 15.9. The van der Waals surface area contributed by atoms with Crippen molar-refractivity contribution < 1.29 is 74.0 Å². The number of aliphatic carboxylic acids is 3. The molecule has 1 fully saturated rings. The Bertz CT molecular complexity index is 589. The fraction of sp³-hybridized carbons (Fsp3) is 0.571. The van der Waals surface area contributed by atoms with Gasteiger partial charge in [-0.1, -0.05) is 6.58 Å². The lowest BCUT2D eigenvalue weighted by molar-refractivity contribution is -0.193. The van der Waals surface area contributed by atoms with Gasteiger partial charge in [0.2, 0.25) is 5.91 Å². The molecule has 9 nitrogen and oxygen atoms in total. The lowest BCUT2D eigenvalue weighted by Crippen LogP contribution is -2.50. The molecule has 4 N–H and O–H groups in total. The Morgan fingerprint density at radius 2 is 1.12 bits per heavy atom. The third-order valence-electron chi connectivity index (χ3n) is 2.58. The van der Waals surface area contributed by atoms with Crippen LogP contribution in [0.3, 0.4) is 0 Å². The fourth-order valence-corrected chi connectivity index (χ4v) is 1.26. The first-order valence-corrected chi connectivity index (χ1v) is 7.62. The van der Waals surface area contributed by atoms with Gasteiger partial charge in [-0.05, 0) is 13.0 Å². The molecule has 0 aromatic rings. The molecule has 0 aromatic heterocycles. The Morgan fingerprint density at radius 1 is 0.844 bits per heavy atom. The van der Waals surface area contributed by atoms with E-state index in [2.05, 4.69) is 18.8 Å². The van der Waals surface area contributed by atoms with Gasteiger partial charge in [0.25, 0.3) is 0 Å². The zero-order valence-electron chi connectivity index (χ0n) is 15.8. The van der Waals surface area contributed by atoms with Crippen molar-refractivity contribution >= 4 is 23.8 Å². The predicted molar refractivity (Wildman–Crippen MR) is 85.3 cm³/mol. The minimum Gasteiger partial charge on any atom is -0.475 e. The van der Waals surface area contributed by atoms with Crippen molar-refractivity contribution in [2.75, 3.05) is 19.6 Å². The summed E-state index contributed by atoms with van der Waals surface area (Å²) in [7, 11) is 0. The average molecular weight is 496 g/mol. The highest BCUT2D eigenvalue weighted by Crippen LogP contribution is 2.14. The van der Waals surface area contributed by atoms with Gasteiger partial charge in [-0.2, -0.15) is 39.5 Å². The summed E-state index contributed by atoms with van der Waals surface area (Å²) in [5.41, 5.74) is 0. The van der Waals surface area contributed by atoms with Crippen molar-refractivity contribution in [2.45, 2.75) is 31.5 Å². The molecule has 0 aromatic carbocycles. The summed E-state index contributed by atoms with van der Waals surface area (Å²) < 4.78 is 95.2. The highest BCUT2D eigenvalue weighted by Gasteiger charge is 2.39. The second kappa shape index (κ2) is 14.1. The van der Waals surface area contributed by atoms with Gasteiger partial charge in [-0.3, -0.25) is 4.79 Å². The fourth-order valence-electron chi connectivity index (χ4n) is 1.26. The van der Waals surface area contributed by atoms with Crippen LogP contribution in [0.2, 0.25) is 0 Å². The maximum atomic E-state index is 11.1. The molecule has 0 radical (unpaired) electrons. The average Bonchev–Trinajstić information content (AvgIpc) is 2.60. The molecular weight excluding hydrogens is 479 g/mol. The van der Waals surface area contributed by atoms with Gasteiger partial charge in [0.15, 0.2) is 0 Å². The first kappa shape index (κ1) is 33.6. The quantitative estimate of drug-likeness (QED) is 0.318. The van der Waals surface area contributed by atoms with Crippen molar-refractivity contribution in [3.8, 4) is 0 Å². The maximum absolute atomic E-state index is 11.1. The Labute approximate surface area is 173 Å². The van der Waals surface area contributed by atoms with Crippen LogP contribution in [0.1, 0.15) is 6.92 Å². The first-order valence-electron chi connectivity index (χ1n) is 7.62. The monoisotopic (exact) mass is 496 g/mol. The molecule has 32 heavy (non-hydrogen) atoms. The van der Waals surface area contributed by atoms with Crippen molar-refractivity contribution in [3.05, 3.63) is 12.7 Å². The molecule has 0 bridgehead atoms. The zero-order valence-corrected chi connectivity index (χ0v) is 15.8. The highest BCUT2D eigenvalue weighted by molar-refractivity contribution is 5.87. The summed E-state index contributed by atoms with van der Waals surface area (Å²) in [6.45, 7) is 8.01. The molecule has 18 heteroatoms. The van der Waals surface area contributed by atoms with Gasteiger partial charge in [0, 0.05) is 25.7 Å². The van der Waals surface area contributed by atoms with Crippen LogP contribution in [-0.2, 0) is 19.2 Å². The van der Waals surface area contributed by atoms with Gasteiger partial charge in [0.1, 0.15) is 0 Å². The number of hydrogen-bond donors (Lipinski definition) is 4. The molecule has 1 amide bonds. The van der Waals surface area contributed by atoms with Crippen LogP contribution in [0.4, 0.5) is 39.5 Å². The number of amides is 1. The van der Waals surface area contributed by atoms with Gasteiger partial charge in [0.05, 0.1) is 0 Å². The molecule has 1 aliphatic heterocycles. The Kier molecular flexibility index (Phi) is 14.8. The van der Waals surface area contributed by atoms with E-state index in [4.69, 9.17) is 29.7 Å². The van der Waals surface area contributed by atoms with E-state index in [1.165, 1.54) is 6.08 Å². The van der Waals surface area contributed by atoms with Crippen LogP contribution in [0.25, 0.3) is 0 Å². The zero-order chi connectivity index (χ0) is 26.5. The number of carbonyl (C=O) groups is 4. The highest BCUT2D eigenvalue weighted by atomic mass is 19.4. The number of hydrogen-bond acceptors (Lipinski definition) is 5. The van der Waals surface area contributed by atoms with Crippen LogP contribution >= 0.6 is 0 Å². The van der Waals surface area contributed by atoms with E-state index in [0.29, 0.717) is 6.04 Å². The van der Waals surface area contributed by atoms with Gasteiger partial charge < -0.3 is 25.5 Å². The number of nitrogens with one attached hydrogen (secondary N) is 1. The standard InChI is InChI=1S/C8H14N2O.3C2HF3O2/c1-3-8(11)10-5-4-9-7(2)6-10;3*3-2(4,5)1(6)7/h3,7,9H,1,4-6H2,2H3;3*(H,6,7)/t7-;;;/m0.../s1. The number of carbonyl (C=O) groups excluding carboxylic acids is 1. The Hall–Kier alpha value is -3.05. The number of carboxylic acid groups (broad SMARTS) is 3. The van der Waals surface area contributed by atoms with Crippen LogP contribution < -0.4 is 5.32 Å². The third-order valence-corrected chi connectivity index (χ3v) is 2.58. The summed E-state index contributed by atoms with van der Waals surface area (Å²) in [5, 5.41) is 24.6. The Morgan fingerprint density at radius 3 is 1.31 bits per heavy atom. The topological polar surface area (TPSA) is 144 Å². The molecule has 1 heterocycles. The summed E-state index contributed by atoms with van der Waals surface area (Å²) in [5.74, 6) is -8.23. The second-order valence-electron chi connectivity index (χ2n) is 5.25. The van der Waals surface area contributed by atoms with E-state index < -0.39 is 36.4 Å². The van der Waals surface area contributed by atoms with Gasteiger partial charge >= 0.3 is 36.4 Å². The Balaban J connectivity index is -0.000000361. The summed E-state index contributed by atoms with van der Waals surface area (Å²) in [6, 6.07) is 0.410. The molecule has 0 saturated carbocycles. The molecule has 1 aliphatic rings. The molecule has 0 unspecified atom stereocenters. The molecular formula is C14H17F9N2O7. The number of halogens is 9. The summed E-state index contributed by atoms with van der Waals surface area (Å²) >= 11 is 0. The molecule has 1 atom stereocenters. The first-order chi connectivity index (χ1) is 14.1. The van der Waals surface area contributed by atoms with Crippen molar-refractivity contribution in [1.82, 2.24) is 10.2 Å². The summed E-state index contributed by atoms with van der Waals surface area (Å²) in [4.78, 5) is 39.6. The second-order valence-corrected chi connectivity index (χ2v) is 5.25. The van der Waals surface area contributed by atoms with Crippen molar-refractivity contribution in [2.24, 2.45) is 0 Å². The van der Waals surface area contributed by atoms with E-state index in [1.807, 2.05) is 4.90 Å². The molecule has 1 saturated heterocycles. The van der Waals surface area contributed by atoms with E-state index in [0.717, 1.165) is 19.6 Å². The maximum Gasteiger partial charge on any atom is 0.490 e. The van der Waals surface area contributed by atoms with Crippen LogP contribution in [0, 0.1) is 0 Å². The van der Waals surface area contributed by atoms with Crippen LogP contribution in [-0.4, -0.2) is 88.2 Å². The smallest absolute Gasteiger partial charge is 0.475 e. The van der Waals surface area contributed by atoms with Crippen molar-refractivity contribution in [1.29, 1.82) is 0 Å². The SMILES string of the molecule is C=CC(=O)N1CCN[C@@H](C)C1.O=C(O)C(F)(F)F.O=C(O)C(F)(F)F.O=C(O)C(F)(F)F. The number of carboxylic acids is 3. The van der Waals surface area contributed by atoms with E-state index in [9.17, 15) is 44.3 Å². The van der Waals surface area contributed by atoms with Gasteiger partial charge in [-0.15, -0.1) is 0 Å². The van der Waals surface area contributed by atoms with E-state index in [-0.39, 0.29) is 5.91 Å². The molecule has 0 aliphatic carbocycles. The molecule has 1 rings (SSSR count). The largest absolute Gasteiger partial charge is 0.490 e. The van der Waals surface area contributed by atoms with E-state index >= 15 is 0 Å². The lowest BCUT2D eigenvalue weighted by Gasteiger charge is -2.30. The lowest BCUT2D eigenvalue weighted by atomic mass is 10.2. The number of rotatable bonds is 1. The number of nitrogens with zero attached hydrogens (tertiary/aromatic N) is 1.